The lowest BCUT2D eigenvalue weighted by Gasteiger charge is -2.45. The van der Waals surface area contributed by atoms with Gasteiger partial charge in [0.2, 0.25) is 5.91 Å². The number of nitrogens with zero attached hydrogens (tertiary/aromatic N) is 2. The second kappa shape index (κ2) is 12.4. The van der Waals surface area contributed by atoms with Crippen LogP contribution in [-0.4, -0.2) is 22.7 Å². The number of hydrogen-bond acceptors (Lipinski definition) is 3. The lowest BCUT2D eigenvalue weighted by atomic mass is 9.73. The normalized spacial score (nSPS) is 19.3. The Hall–Kier alpha value is -2.49. The molecule has 3 rings (SSSR count). The molecule has 0 bridgehead atoms. The summed E-state index contributed by atoms with van der Waals surface area (Å²) in [7, 11) is 0. The van der Waals surface area contributed by atoms with Gasteiger partial charge in [-0.05, 0) is 74.4 Å². The van der Waals surface area contributed by atoms with E-state index in [-0.39, 0.29) is 31.0 Å². The summed E-state index contributed by atoms with van der Waals surface area (Å²) in [6.45, 7) is 17.6. The standard InChI is InChI=1S/C23H28N2O2.2C2H6.H2/c1-6-22-15(3)20(13-19-9-7-8-14(2)24-19)21-12-18(16(4)26)10-11-23(21)25(22)17(5)27;2*1-2;/h7-12,15,20,22H,6,13H2,1-5H3;2*1-2H3;1H/t15-,20-,22+;;;/m1.../s1. The van der Waals surface area contributed by atoms with E-state index in [2.05, 4.69) is 24.9 Å². The van der Waals surface area contributed by atoms with Gasteiger partial charge in [0, 0.05) is 37.0 Å². The Bertz CT molecular complexity index is 882. The van der Waals surface area contributed by atoms with E-state index in [1.807, 2.05) is 69.9 Å². The molecule has 0 unspecified atom stereocenters. The van der Waals surface area contributed by atoms with Gasteiger partial charge < -0.3 is 4.90 Å². The highest BCUT2D eigenvalue weighted by molar-refractivity contribution is 5.97. The third kappa shape index (κ3) is 6.03. The lowest BCUT2D eigenvalue weighted by Crippen LogP contribution is -2.48. The molecule has 1 aromatic carbocycles. The van der Waals surface area contributed by atoms with Crippen molar-refractivity contribution in [1.29, 1.82) is 0 Å². The Morgan fingerprint density at radius 3 is 2.23 bits per heavy atom. The van der Waals surface area contributed by atoms with Gasteiger partial charge in [0.15, 0.2) is 5.78 Å². The van der Waals surface area contributed by atoms with E-state index in [9.17, 15) is 9.59 Å². The number of hydrogen-bond donors (Lipinski definition) is 0. The number of anilines is 1. The van der Waals surface area contributed by atoms with E-state index in [1.165, 1.54) is 0 Å². The van der Waals surface area contributed by atoms with Crippen LogP contribution < -0.4 is 4.90 Å². The molecule has 1 amide bonds. The van der Waals surface area contributed by atoms with Crippen LogP contribution >= 0.6 is 0 Å². The van der Waals surface area contributed by atoms with E-state index < -0.39 is 0 Å². The molecule has 0 radical (unpaired) electrons. The highest BCUT2D eigenvalue weighted by Crippen LogP contribution is 2.45. The van der Waals surface area contributed by atoms with Gasteiger partial charge in [0.1, 0.15) is 0 Å². The molecule has 0 fully saturated rings. The van der Waals surface area contributed by atoms with Crippen LogP contribution in [0.15, 0.2) is 36.4 Å². The van der Waals surface area contributed by atoms with Crippen LogP contribution in [0.2, 0.25) is 0 Å². The summed E-state index contributed by atoms with van der Waals surface area (Å²) in [5.41, 5.74) is 4.78. The average Bonchev–Trinajstić information content (AvgIpc) is 2.77. The third-order valence-electron chi connectivity index (χ3n) is 5.80. The van der Waals surface area contributed by atoms with Crippen LogP contribution in [0.25, 0.3) is 0 Å². The number of ketones is 1. The molecule has 3 atom stereocenters. The number of fused-ring (bicyclic) bond motifs is 1. The maximum absolute atomic E-state index is 12.5. The number of carbonyl (C=O) groups excluding carboxylic acids is 2. The molecule has 0 saturated heterocycles. The van der Waals surface area contributed by atoms with Crippen molar-refractivity contribution in [1.82, 2.24) is 4.98 Å². The topological polar surface area (TPSA) is 50.3 Å². The van der Waals surface area contributed by atoms with E-state index in [0.717, 1.165) is 35.5 Å². The van der Waals surface area contributed by atoms with Crippen LogP contribution in [-0.2, 0) is 11.2 Å². The molecule has 1 aliphatic rings. The molecular formula is C27H42N2O2. The molecule has 1 aromatic heterocycles. The van der Waals surface area contributed by atoms with Crippen LogP contribution in [0.3, 0.4) is 0 Å². The summed E-state index contributed by atoms with van der Waals surface area (Å²) in [4.78, 5) is 31.0. The lowest BCUT2D eigenvalue weighted by molar-refractivity contribution is -0.117. The van der Waals surface area contributed by atoms with Gasteiger partial charge >= 0.3 is 0 Å². The number of Topliss-reactive ketones (excluding diaryl/α,β-unsaturated/α-hetero) is 1. The van der Waals surface area contributed by atoms with Crippen molar-refractivity contribution in [3.63, 3.8) is 0 Å². The van der Waals surface area contributed by atoms with Gasteiger partial charge in [-0.15, -0.1) is 0 Å². The number of aromatic nitrogens is 1. The van der Waals surface area contributed by atoms with Crippen molar-refractivity contribution < 1.29 is 11.0 Å². The summed E-state index contributed by atoms with van der Waals surface area (Å²) >= 11 is 0. The molecule has 0 spiro atoms. The molecule has 2 aromatic rings. The number of benzene rings is 1. The maximum Gasteiger partial charge on any atom is 0.224 e. The van der Waals surface area contributed by atoms with Crippen LogP contribution in [0.4, 0.5) is 5.69 Å². The van der Waals surface area contributed by atoms with Crippen LogP contribution in [0, 0.1) is 12.8 Å². The first-order valence-electron chi connectivity index (χ1n) is 11.7. The Kier molecular flexibility index (Phi) is 10.6. The summed E-state index contributed by atoms with van der Waals surface area (Å²) in [6, 6.07) is 12.0. The molecule has 0 N–H and O–H groups in total. The van der Waals surface area contributed by atoms with Crippen molar-refractivity contribution in [3.8, 4) is 0 Å². The average molecular weight is 427 g/mol. The van der Waals surface area contributed by atoms with Gasteiger partial charge in [0.25, 0.3) is 0 Å². The summed E-state index contributed by atoms with van der Waals surface area (Å²) in [6.07, 6.45) is 1.70. The van der Waals surface area contributed by atoms with E-state index >= 15 is 0 Å². The Balaban J connectivity index is 0.00000182. The SMILES string of the molecule is CC.CC.CC[C@H]1[C@H](C)[C@@H](Cc2cccc(C)n2)c2cc(C(C)=O)ccc2N1C(C)=O.[HH]. The summed E-state index contributed by atoms with van der Waals surface area (Å²) in [5, 5.41) is 0. The molecule has 0 aliphatic carbocycles. The first-order chi connectivity index (χ1) is 14.8. The van der Waals surface area contributed by atoms with Crippen LogP contribution in [0.5, 0.6) is 0 Å². The second-order valence-electron chi connectivity index (χ2n) is 7.63. The quantitative estimate of drug-likeness (QED) is 0.495. The minimum atomic E-state index is 0. The predicted molar refractivity (Wildman–Crippen MR) is 133 cm³/mol. The van der Waals surface area contributed by atoms with Crippen molar-refractivity contribution >= 4 is 17.4 Å². The molecule has 2 heterocycles. The van der Waals surface area contributed by atoms with Crippen LogP contribution in [0.1, 0.15) is 96.5 Å². The third-order valence-corrected chi connectivity index (χ3v) is 5.80. The van der Waals surface area contributed by atoms with E-state index in [0.29, 0.717) is 5.56 Å². The fraction of sp³-hybridized carbons (Fsp3) is 0.519. The Morgan fingerprint density at radius 1 is 1.06 bits per heavy atom. The zero-order valence-electron chi connectivity index (χ0n) is 20.8. The van der Waals surface area contributed by atoms with Crippen molar-refractivity contribution in [2.75, 3.05) is 4.90 Å². The molecular weight excluding hydrogens is 384 g/mol. The molecule has 0 saturated carbocycles. The monoisotopic (exact) mass is 426 g/mol. The minimum absolute atomic E-state index is 0. The van der Waals surface area contributed by atoms with E-state index in [1.54, 1.807) is 13.8 Å². The zero-order chi connectivity index (χ0) is 23.7. The Morgan fingerprint density at radius 2 is 1.71 bits per heavy atom. The highest BCUT2D eigenvalue weighted by atomic mass is 16.2. The van der Waals surface area contributed by atoms with Gasteiger partial charge in [-0.25, -0.2) is 0 Å². The van der Waals surface area contributed by atoms with Crippen molar-refractivity contribution in [2.45, 2.75) is 87.1 Å². The van der Waals surface area contributed by atoms with Gasteiger partial charge in [-0.1, -0.05) is 47.6 Å². The smallest absolute Gasteiger partial charge is 0.224 e. The van der Waals surface area contributed by atoms with Crippen molar-refractivity contribution in [2.24, 2.45) is 5.92 Å². The minimum Gasteiger partial charge on any atom is -0.309 e. The molecule has 172 valence electrons. The number of rotatable bonds is 4. The molecule has 31 heavy (non-hydrogen) atoms. The number of carbonyl (C=O) groups is 2. The zero-order valence-corrected chi connectivity index (χ0v) is 20.8. The second-order valence-corrected chi connectivity index (χ2v) is 7.63. The van der Waals surface area contributed by atoms with Crippen molar-refractivity contribution in [3.05, 3.63) is 58.9 Å². The largest absolute Gasteiger partial charge is 0.309 e. The fourth-order valence-electron chi connectivity index (χ4n) is 4.45. The number of aryl methyl sites for hydroxylation is 1. The fourth-order valence-corrected chi connectivity index (χ4v) is 4.45. The highest BCUT2D eigenvalue weighted by Gasteiger charge is 2.39. The summed E-state index contributed by atoms with van der Waals surface area (Å²) < 4.78 is 0. The molecule has 4 nitrogen and oxygen atoms in total. The first-order valence-corrected chi connectivity index (χ1v) is 11.7. The first kappa shape index (κ1) is 26.5. The van der Waals surface area contributed by atoms with Gasteiger partial charge in [-0.2, -0.15) is 0 Å². The molecule has 4 heteroatoms. The number of pyridine rings is 1. The maximum atomic E-state index is 12.5. The number of amides is 1. The predicted octanol–water partition coefficient (Wildman–Crippen LogP) is 7.00. The van der Waals surface area contributed by atoms with E-state index in [4.69, 9.17) is 0 Å². The Labute approximate surface area is 190 Å². The summed E-state index contributed by atoms with van der Waals surface area (Å²) in [5.74, 6) is 0.590. The van der Waals surface area contributed by atoms with Gasteiger partial charge in [0.05, 0.1) is 0 Å². The molecule has 1 aliphatic heterocycles. The van der Waals surface area contributed by atoms with Gasteiger partial charge in [-0.3, -0.25) is 14.6 Å².